The lowest BCUT2D eigenvalue weighted by Crippen LogP contribution is -2.25. The molecule has 0 atom stereocenters. The van der Waals surface area contributed by atoms with E-state index in [0.717, 1.165) is 17.7 Å². The lowest BCUT2D eigenvalue weighted by molar-refractivity contribution is -0.118. The molecule has 15 heavy (non-hydrogen) atoms. The second-order valence-corrected chi connectivity index (χ2v) is 3.58. The summed E-state index contributed by atoms with van der Waals surface area (Å²) in [5.74, 6) is 0.145. The Bertz CT molecular complexity index is 336. The van der Waals surface area contributed by atoms with Gasteiger partial charge in [0.2, 0.25) is 5.91 Å². The van der Waals surface area contributed by atoms with Gasteiger partial charge in [-0.2, -0.15) is 0 Å². The highest BCUT2D eigenvalue weighted by Gasteiger charge is 2.09. The van der Waals surface area contributed by atoms with Crippen LogP contribution >= 0.6 is 0 Å². The van der Waals surface area contributed by atoms with Gasteiger partial charge in [-0.15, -0.1) is 0 Å². The second kappa shape index (κ2) is 5.51. The van der Waals surface area contributed by atoms with Crippen molar-refractivity contribution in [2.24, 2.45) is 5.73 Å². The third-order valence-corrected chi connectivity index (χ3v) is 2.37. The average Bonchev–Trinajstić information content (AvgIpc) is 2.28. The Labute approximate surface area is 90.9 Å². The van der Waals surface area contributed by atoms with E-state index in [9.17, 15) is 4.79 Å². The molecule has 3 heteroatoms. The zero-order chi connectivity index (χ0) is 11.3. The number of rotatable bonds is 4. The molecule has 2 N–H and O–H groups in total. The number of benzene rings is 1. The van der Waals surface area contributed by atoms with Gasteiger partial charge >= 0.3 is 0 Å². The van der Waals surface area contributed by atoms with Crippen molar-refractivity contribution >= 4 is 11.6 Å². The van der Waals surface area contributed by atoms with Gasteiger partial charge in [-0.05, 0) is 24.1 Å². The Morgan fingerprint density at radius 1 is 1.47 bits per heavy atom. The Kier molecular flexibility index (Phi) is 4.31. The van der Waals surface area contributed by atoms with E-state index in [-0.39, 0.29) is 5.91 Å². The molecule has 1 amide bonds. The molecular weight excluding hydrogens is 188 g/mol. The first-order chi connectivity index (χ1) is 7.19. The summed E-state index contributed by atoms with van der Waals surface area (Å²) < 4.78 is 0. The highest BCUT2D eigenvalue weighted by molar-refractivity contribution is 5.92. The fourth-order valence-corrected chi connectivity index (χ4v) is 1.42. The Morgan fingerprint density at radius 3 is 2.80 bits per heavy atom. The summed E-state index contributed by atoms with van der Waals surface area (Å²) >= 11 is 0. The first-order valence-corrected chi connectivity index (χ1v) is 5.24. The third kappa shape index (κ3) is 3.06. The fourth-order valence-electron chi connectivity index (χ4n) is 1.42. The number of anilines is 1. The molecule has 0 heterocycles. The van der Waals surface area contributed by atoms with Crippen molar-refractivity contribution in [1.29, 1.82) is 0 Å². The fraction of sp³-hybridized carbons (Fsp3) is 0.417. The zero-order valence-electron chi connectivity index (χ0n) is 9.36. The maximum absolute atomic E-state index is 11.6. The van der Waals surface area contributed by atoms with Gasteiger partial charge < -0.3 is 10.6 Å². The molecule has 0 aromatic heterocycles. The third-order valence-electron chi connectivity index (χ3n) is 2.37. The van der Waals surface area contributed by atoms with Gasteiger partial charge in [0.15, 0.2) is 0 Å². The van der Waals surface area contributed by atoms with Gasteiger partial charge in [-0.25, -0.2) is 0 Å². The molecule has 0 fully saturated rings. The van der Waals surface area contributed by atoms with Crippen LogP contribution in [0.15, 0.2) is 24.3 Å². The van der Waals surface area contributed by atoms with Crippen molar-refractivity contribution in [3.8, 4) is 0 Å². The molecule has 0 unspecified atom stereocenters. The summed E-state index contributed by atoms with van der Waals surface area (Å²) in [7, 11) is 1.80. The quantitative estimate of drug-likeness (QED) is 0.818. The van der Waals surface area contributed by atoms with Crippen LogP contribution in [0.1, 0.15) is 25.3 Å². The Hall–Kier alpha value is -1.35. The number of nitrogens with two attached hydrogens (primary N) is 1. The molecule has 0 aliphatic heterocycles. The maximum Gasteiger partial charge on any atom is 0.226 e. The minimum Gasteiger partial charge on any atom is -0.326 e. The van der Waals surface area contributed by atoms with E-state index in [1.54, 1.807) is 11.9 Å². The van der Waals surface area contributed by atoms with E-state index >= 15 is 0 Å². The molecule has 1 rings (SSSR count). The van der Waals surface area contributed by atoms with Crippen LogP contribution in [0.4, 0.5) is 5.69 Å². The zero-order valence-corrected chi connectivity index (χ0v) is 9.36. The predicted octanol–water partition coefficient (Wildman–Crippen LogP) is 1.91. The van der Waals surface area contributed by atoms with Gasteiger partial charge in [0.05, 0.1) is 0 Å². The highest BCUT2D eigenvalue weighted by atomic mass is 16.2. The Balaban J connectivity index is 2.81. The minimum atomic E-state index is 0.145. The van der Waals surface area contributed by atoms with Crippen molar-refractivity contribution in [3.63, 3.8) is 0 Å². The monoisotopic (exact) mass is 206 g/mol. The molecule has 0 aliphatic rings. The standard InChI is InChI=1S/C12H18N2O/c1-3-5-12(15)14(2)11-7-4-6-10(8-11)9-13/h4,6-8H,3,5,9,13H2,1-2H3. The molecule has 0 bridgehead atoms. The van der Waals surface area contributed by atoms with Crippen molar-refractivity contribution in [2.75, 3.05) is 11.9 Å². The van der Waals surface area contributed by atoms with Crippen LogP contribution < -0.4 is 10.6 Å². The summed E-state index contributed by atoms with van der Waals surface area (Å²) in [5, 5.41) is 0. The molecule has 1 aromatic rings. The van der Waals surface area contributed by atoms with Crippen LogP contribution in [0.25, 0.3) is 0 Å². The van der Waals surface area contributed by atoms with E-state index in [0.29, 0.717) is 13.0 Å². The van der Waals surface area contributed by atoms with Crippen LogP contribution in [0.3, 0.4) is 0 Å². The summed E-state index contributed by atoms with van der Waals surface area (Å²) in [6.45, 7) is 2.51. The van der Waals surface area contributed by atoms with Gasteiger partial charge in [-0.1, -0.05) is 19.1 Å². The SMILES string of the molecule is CCCC(=O)N(C)c1cccc(CN)c1. The largest absolute Gasteiger partial charge is 0.326 e. The van der Waals surface area contributed by atoms with E-state index in [1.807, 2.05) is 31.2 Å². The molecule has 0 saturated heterocycles. The second-order valence-electron chi connectivity index (χ2n) is 3.58. The van der Waals surface area contributed by atoms with Crippen molar-refractivity contribution < 1.29 is 4.79 Å². The molecule has 82 valence electrons. The number of carbonyl (C=O) groups is 1. The van der Waals surface area contributed by atoms with Crippen molar-refractivity contribution in [2.45, 2.75) is 26.3 Å². The summed E-state index contributed by atoms with van der Waals surface area (Å²) in [4.78, 5) is 13.3. The van der Waals surface area contributed by atoms with Crippen molar-refractivity contribution in [1.82, 2.24) is 0 Å². The lowest BCUT2D eigenvalue weighted by atomic mass is 10.2. The van der Waals surface area contributed by atoms with Crippen LogP contribution in [0, 0.1) is 0 Å². The number of amides is 1. The topological polar surface area (TPSA) is 46.3 Å². The highest BCUT2D eigenvalue weighted by Crippen LogP contribution is 2.15. The molecule has 3 nitrogen and oxygen atoms in total. The van der Waals surface area contributed by atoms with Crippen LogP contribution in [-0.2, 0) is 11.3 Å². The number of nitrogens with zero attached hydrogens (tertiary/aromatic N) is 1. The molecular formula is C12H18N2O. The molecule has 1 aromatic carbocycles. The summed E-state index contributed by atoms with van der Waals surface area (Å²) in [6.07, 6.45) is 1.46. The van der Waals surface area contributed by atoms with Crippen molar-refractivity contribution in [3.05, 3.63) is 29.8 Å². The first kappa shape index (κ1) is 11.7. The van der Waals surface area contributed by atoms with Gasteiger partial charge in [-0.3, -0.25) is 4.79 Å². The first-order valence-electron chi connectivity index (χ1n) is 5.24. The molecule has 0 saturated carbocycles. The van der Waals surface area contributed by atoms with Gasteiger partial charge in [0.1, 0.15) is 0 Å². The predicted molar refractivity (Wildman–Crippen MR) is 62.7 cm³/mol. The smallest absolute Gasteiger partial charge is 0.226 e. The lowest BCUT2D eigenvalue weighted by Gasteiger charge is -2.17. The minimum absolute atomic E-state index is 0.145. The molecule has 0 spiro atoms. The Morgan fingerprint density at radius 2 is 2.20 bits per heavy atom. The van der Waals surface area contributed by atoms with E-state index in [2.05, 4.69) is 0 Å². The van der Waals surface area contributed by atoms with Crippen LogP contribution in [0.2, 0.25) is 0 Å². The average molecular weight is 206 g/mol. The molecule has 0 aliphatic carbocycles. The van der Waals surface area contributed by atoms with E-state index < -0.39 is 0 Å². The van der Waals surface area contributed by atoms with Crippen LogP contribution in [-0.4, -0.2) is 13.0 Å². The number of hydrogen-bond donors (Lipinski definition) is 1. The van der Waals surface area contributed by atoms with Gasteiger partial charge in [0.25, 0.3) is 0 Å². The normalized spacial score (nSPS) is 10.1. The number of hydrogen-bond acceptors (Lipinski definition) is 2. The summed E-state index contributed by atoms with van der Waals surface area (Å²) in [5.41, 5.74) is 7.51. The van der Waals surface area contributed by atoms with Crippen LogP contribution in [0.5, 0.6) is 0 Å². The van der Waals surface area contributed by atoms with Gasteiger partial charge in [0, 0.05) is 25.7 Å². The van der Waals surface area contributed by atoms with E-state index in [4.69, 9.17) is 5.73 Å². The maximum atomic E-state index is 11.6. The molecule has 0 radical (unpaired) electrons. The number of carbonyl (C=O) groups excluding carboxylic acids is 1. The van der Waals surface area contributed by atoms with E-state index in [1.165, 1.54) is 0 Å². The summed E-state index contributed by atoms with van der Waals surface area (Å²) in [6, 6.07) is 7.76.